The van der Waals surface area contributed by atoms with Gasteiger partial charge in [-0.05, 0) is 44.5 Å². The number of rotatable bonds is 4. The number of halogens is 1. The van der Waals surface area contributed by atoms with Crippen molar-refractivity contribution in [3.8, 4) is 0 Å². The predicted molar refractivity (Wildman–Crippen MR) is 94.7 cm³/mol. The smallest absolute Gasteiger partial charge is 0.348 e. The van der Waals surface area contributed by atoms with Crippen LogP contribution in [-0.4, -0.2) is 25.1 Å². The third kappa shape index (κ3) is 3.56. The number of nitrogens with zero attached hydrogens (tertiary/aromatic N) is 4. The summed E-state index contributed by atoms with van der Waals surface area (Å²) in [6.07, 6.45) is 0. The first kappa shape index (κ1) is 17.2. The molecule has 0 saturated carbocycles. The number of nitrogens with one attached hydrogen (secondary N) is 1. The molecular weight excluding hydrogens is 342 g/mol. The Morgan fingerprint density at radius 3 is 2.64 bits per heavy atom. The van der Waals surface area contributed by atoms with Gasteiger partial charge in [-0.15, -0.1) is 5.10 Å². The largest absolute Gasteiger partial charge is 0.352 e. The average molecular weight is 360 g/mol. The van der Waals surface area contributed by atoms with E-state index in [0.29, 0.717) is 10.8 Å². The van der Waals surface area contributed by atoms with Gasteiger partial charge in [0.1, 0.15) is 6.54 Å². The lowest BCUT2D eigenvalue weighted by molar-refractivity contribution is -0.122. The van der Waals surface area contributed by atoms with Gasteiger partial charge in [0, 0.05) is 16.4 Å². The van der Waals surface area contributed by atoms with Crippen LogP contribution in [0.25, 0.3) is 5.78 Å². The van der Waals surface area contributed by atoms with E-state index in [2.05, 4.69) is 15.4 Å². The molecule has 3 rings (SSSR count). The van der Waals surface area contributed by atoms with Crippen LogP contribution in [0.4, 0.5) is 0 Å². The van der Waals surface area contributed by atoms with E-state index in [4.69, 9.17) is 11.6 Å². The van der Waals surface area contributed by atoms with Gasteiger partial charge in [0.05, 0.1) is 6.04 Å². The number of carbonyl (C=O) groups excluding carboxylic acids is 1. The molecule has 1 atom stereocenters. The van der Waals surface area contributed by atoms with Gasteiger partial charge in [0.25, 0.3) is 5.78 Å². The number of amides is 1. The van der Waals surface area contributed by atoms with E-state index >= 15 is 0 Å². The molecule has 0 radical (unpaired) electrons. The van der Waals surface area contributed by atoms with E-state index in [1.807, 2.05) is 26.0 Å². The Morgan fingerprint density at radius 1 is 1.28 bits per heavy atom. The Labute approximate surface area is 149 Å². The quantitative estimate of drug-likeness (QED) is 0.772. The molecule has 0 aliphatic carbocycles. The lowest BCUT2D eigenvalue weighted by atomic mass is 10.1. The molecule has 0 unspecified atom stereocenters. The number of hydrogen-bond donors (Lipinski definition) is 1. The highest BCUT2D eigenvalue weighted by Crippen LogP contribution is 2.15. The Bertz CT molecular complexity index is 991. The standard InChI is InChI=1S/C17H18ClN5O2/c1-10-8-11(2)23-16(19-10)21-22(17(23)25)9-15(24)20-12(3)13-4-6-14(18)7-5-13/h4-8,12H,9H2,1-3H3,(H,20,24)/t12-/m0/s1. The Hall–Kier alpha value is -2.67. The van der Waals surface area contributed by atoms with Crippen molar-refractivity contribution < 1.29 is 4.79 Å². The summed E-state index contributed by atoms with van der Waals surface area (Å²) in [6, 6.07) is 8.81. The SMILES string of the molecule is Cc1cc(C)n2c(=O)n(CC(=O)N[C@@H](C)c3ccc(Cl)cc3)nc2n1. The molecule has 0 spiro atoms. The molecule has 0 aliphatic heterocycles. The molecule has 2 aromatic heterocycles. The van der Waals surface area contributed by atoms with Crippen LogP contribution in [0.1, 0.15) is 29.9 Å². The Balaban J connectivity index is 1.78. The zero-order chi connectivity index (χ0) is 18.1. The van der Waals surface area contributed by atoms with E-state index in [1.54, 1.807) is 25.1 Å². The predicted octanol–water partition coefficient (Wildman–Crippen LogP) is 2.04. The lowest BCUT2D eigenvalue weighted by Crippen LogP contribution is -2.34. The van der Waals surface area contributed by atoms with Crippen LogP contribution in [0.3, 0.4) is 0 Å². The maximum Gasteiger partial charge on any atom is 0.352 e. The molecular formula is C17H18ClN5O2. The molecule has 25 heavy (non-hydrogen) atoms. The highest BCUT2D eigenvalue weighted by atomic mass is 35.5. The summed E-state index contributed by atoms with van der Waals surface area (Å²) in [4.78, 5) is 28.9. The summed E-state index contributed by atoms with van der Waals surface area (Å²) >= 11 is 5.87. The van der Waals surface area contributed by atoms with Crippen LogP contribution >= 0.6 is 11.6 Å². The minimum atomic E-state index is -0.380. The van der Waals surface area contributed by atoms with Crippen LogP contribution in [0.15, 0.2) is 35.1 Å². The fourth-order valence-electron chi connectivity index (χ4n) is 2.70. The normalized spacial score (nSPS) is 12.3. The molecule has 3 aromatic rings. The van der Waals surface area contributed by atoms with E-state index < -0.39 is 0 Å². The van der Waals surface area contributed by atoms with Gasteiger partial charge in [-0.25, -0.2) is 18.9 Å². The van der Waals surface area contributed by atoms with Crippen molar-refractivity contribution in [2.24, 2.45) is 0 Å². The monoisotopic (exact) mass is 359 g/mol. The molecule has 1 aromatic carbocycles. The fraction of sp³-hybridized carbons (Fsp3) is 0.294. The first-order valence-electron chi connectivity index (χ1n) is 7.84. The van der Waals surface area contributed by atoms with Gasteiger partial charge < -0.3 is 5.32 Å². The zero-order valence-corrected chi connectivity index (χ0v) is 14.9. The summed E-state index contributed by atoms with van der Waals surface area (Å²) in [5, 5.41) is 7.63. The lowest BCUT2D eigenvalue weighted by Gasteiger charge is -2.14. The highest BCUT2D eigenvalue weighted by molar-refractivity contribution is 6.30. The van der Waals surface area contributed by atoms with Crippen LogP contribution in [0.2, 0.25) is 5.02 Å². The van der Waals surface area contributed by atoms with Gasteiger partial charge in [0.15, 0.2) is 0 Å². The molecule has 7 nitrogen and oxygen atoms in total. The first-order valence-corrected chi connectivity index (χ1v) is 8.21. The van der Waals surface area contributed by atoms with Crippen molar-refractivity contribution in [1.82, 2.24) is 24.5 Å². The molecule has 0 fully saturated rings. The average Bonchev–Trinajstić information content (AvgIpc) is 2.83. The van der Waals surface area contributed by atoms with E-state index in [-0.39, 0.29) is 24.2 Å². The third-order valence-electron chi connectivity index (χ3n) is 3.91. The molecule has 1 N–H and O–H groups in total. The summed E-state index contributed by atoms with van der Waals surface area (Å²) in [7, 11) is 0. The molecule has 2 heterocycles. The molecule has 0 aliphatic rings. The fourth-order valence-corrected chi connectivity index (χ4v) is 2.82. The van der Waals surface area contributed by atoms with E-state index in [1.165, 1.54) is 4.40 Å². The zero-order valence-electron chi connectivity index (χ0n) is 14.2. The number of hydrogen-bond acceptors (Lipinski definition) is 4. The van der Waals surface area contributed by atoms with E-state index in [9.17, 15) is 9.59 Å². The Morgan fingerprint density at radius 2 is 1.96 bits per heavy atom. The van der Waals surface area contributed by atoms with Crippen molar-refractivity contribution in [2.45, 2.75) is 33.4 Å². The second kappa shape index (κ2) is 6.68. The molecule has 130 valence electrons. The third-order valence-corrected chi connectivity index (χ3v) is 4.16. The highest BCUT2D eigenvalue weighted by Gasteiger charge is 2.15. The minimum Gasteiger partial charge on any atom is -0.348 e. The van der Waals surface area contributed by atoms with Crippen LogP contribution < -0.4 is 11.0 Å². The van der Waals surface area contributed by atoms with Crippen LogP contribution in [-0.2, 0) is 11.3 Å². The second-order valence-electron chi connectivity index (χ2n) is 5.96. The number of aromatic nitrogens is 4. The summed E-state index contributed by atoms with van der Waals surface area (Å²) in [5.41, 5.74) is 2.04. The summed E-state index contributed by atoms with van der Waals surface area (Å²) in [6.45, 7) is 5.33. The maximum atomic E-state index is 12.4. The van der Waals surface area contributed by atoms with Crippen LogP contribution in [0, 0.1) is 13.8 Å². The number of fused-ring (bicyclic) bond motifs is 1. The van der Waals surface area contributed by atoms with Gasteiger partial charge in [-0.1, -0.05) is 23.7 Å². The first-order chi connectivity index (χ1) is 11.8. The van der Waals surface area contributed by atoms with Crippen molar-refractivity contribution in [3.05, 3.63) is 62.8 Å². The van der Waals surface area contributed by atoms with Crippen molar-refractivity contribution in [2.75, 3.05) is 0 Å². The van der Waals surface area contributed by atoms with Crippen molar-refractivity contribution >= 4 is 23.3 Å². The number of carbonyl (C=O) groups is 1. The topological polar surface area (TPSA) is 81.3 Å². The van der Waals surface area contributed by atoms with Gasteiger partial charge in [-0.2, -0.15) is 0 Å². The molecule has 1 amide bonds. The molecule has 8 heteroatoms. The molecule has 0 saturated heterocycles. The minimum absolute atomic E-state index is 0.168. The van der Waals surface area contributed by atoms with Crippen LogP contribution in [0.5, 0.6) is 0 Å². The number of aryl methyl sites for hydroxylation is 2. The summed E-state index contributed by atoms with van der Waals surface area (Å²) < 4.78 is 2.52. The van der Waals surface area contributed by atoms with E-state index in [0.717, 1.165) is 21.6 Å². The maximum absolute atomic E-state index is 12.4. The second-order valence-corrected chi connectivity index (χ2v) is 6.39. The summed E-state index contributed by atoms with van der Waals surface area (Å²) in [5.74, 6) is -0.0108. The van der Waals surface area contributed by atoms with Crippen molar-refractivity contribution in [1.29, 1.82) is 0 Å². The van der Waals surface area contributed by atoms with Gasteiger partial charge >= 0.3 is 5.69 Å². The van der Waals surface area contributed by atoms with Gasteiger partial charge in [-0.3, -0.25) is 4.79 Å². The van der Waals surface area contributed by atoms with Crippen molar-refractivity contribution in [3.63, 3.8) is 0 Å². The number of benzene rings is 1. The van der Waals surface area contributed by atoms with Gasteiger partial charge in [0.2, 0.25) is 5.91 Å². The molecule has 0 bridgehead atoms. The Kier molecular flexibility index (Phi) is 4.59.